The Hall–Kier alpha value is -2.43. The first kappa shape index (κ1) is 24.3. The minimum Gasteiger partial charge on any atom is -0.467 e. The van der Waals surface area contributed by atoms with E-state index in [9.17, 15) is 18.3 Å². The number of fused-ring (bicyclic) bond motifs is 1. The van der Waals surface area contributed by atoms with Crippen LogP contribution in [0.25, 0.3) is 11.3 Å². The van der Waals surface area contributed by atoms with E-state index in [1.807, 2.05) is 6.92 Å². The van der Waals surface area contributed by atoms with Crippen LogP contribution in [0.1, 0.15) is 68.2 Å². The number of ether oxygens (including phenoxy) is 3. The minimum absolute atomic E-state index is 0.0329. The fraction of sp³-hybridized carbons (Fsp3) is 0.600. The van der Waals surface area contributed by atoms with Gasteiger partial charge in [0.25, 0.3) is 0 Å². The van der Waals surface area contributed by atoms with Crippen LogP contribution in [0.5, 0.6) is 5.75 Å². The molecule has 2 aliphatic carbocycles. The number of aliphatic hydroxyl groups is 1. The molecule has 3 aliphatic rings. The first-order chi connectivity index (χ1) is 16.7. The molecule has 5 rings (SSSR count). The van der Waals surface area contributed by atoms with Crippen LogP contribution in [0.4, 0.5) is 19.0 Å². The monoisotopic (exact) mass is 493 g/mol. The van der Waals surface area contributed by atoms with Gasteiger partial charge in [0.2, 0.25) is 0 Å². The Kier molecular flexibility index (Phi) is 6.39. The van der Waals surface area contributed by atoms with Crippen molar-refractivity contribution in [3.05, 3.63) is 34.9 Å². The summed E-state index contributed by atoms with van der Waals surface area (Å²) in [5.41, 5.74) is 1.55. The van der Waals surface area contributed by atoms with Crippen LogP contribution in [0.3, 0.4) is 0 Å². The molecule has 1 unspecified atom stereocenters. The Morgan fingerprint density at radius 1 is 1.20 bits per heavy atom. The van der Waals surface area contributed by atoms with Crippen LogP contribution in [0, 0.1) is 0 Å². The van der Waals surface area contributed by atoms with E-state index in [1.54, 1.807) is 0 Å². The molecule has 3 atom stereocenters. The van der Waals surface area contributed by atoms with Crippen molar-refractivity contribution < 1.29 is 32.5 Å². The average molecular weight is 494 g/mol. The van der Waals surface area contributed by atoms with E-state index in [2.05, 4.69) is 15.5 Å². The van der Waals surface area contributed by atoms with Gasteiger partial charge in [-0.3, -0.25) is 0 Å². The number of nitrogens with zero attached hydrogens (tertiary/aromatic N) is 2. The van der Waals surface area contributed by atoms with Gasteiger partial charge in [-0.25, -0.2) is 0 Å². The highest BCUT2D eigenvalue weighted by Crippen LogP contribution is 2.53. The second kappa shape index (κ2) is 9.22. The molecule has 2 aromatic rings. The molecule has 190 valence electrons. The van der Waals surface area contributed by atoms with Gasteiger partial charge in [-0.05, 0) is 56.4 Å². The Morgan fingerprint density at radius 3 is 2.66 bits per heavy atom. The van der Waals surface area contributed by atoms with E-state index in [0.717, 1.165) is 61.8 Å². The Balaban J connectivity index is 1.60. The molecule has 10 heteroatoms. The molecule has 0 saturated heterocycles. The number of benzene rings is 1. The van der Waals surface area contributed by atoms with E-state index in [1.165, 1.54) is 13.2 Å². The predicted molar refractivity (Wildman–Crippen MR) is 122 cm³/mol. The molecular weight excluding hydrogens is 463 g/mol. The molecular formula is C25H30F3N3O4. The summed E-state index contributed by atoms with van der Waals surface area (Å²) in [7, 11) is 1.41. The van der Waals surface area contributed by atoms with Crippen molar-refractivity contribution in [2.24, 2.45) is 0 Å². The highest BCUT2D eigenvalue weighted by Gasteiger charge is 2.50. The summed E-state index contributed by atoms with van der Waals surface area (Å²) < 4.78 is 57.1. The molecule has 1 spiro atoms. The van der Waals surface area contributed by atoms with Crippen molar-refractivity contribution >= 4 is 5.82 Å². The van der Waals surface area contributed by atoms with Gasteiger partial charge < -0.3 is 24.6 Å². The quantitative estimate of drug-likeness (QED) is 0.546. The highest BCUT2D eigenvalue weighted by atomic mass is 19.4. The molecule has 1 aromatic carbocycles. The fourth-order valence-electron chi connectivity index (χ4n) is 5.25. The maximum Gasteiger partial charge on any atom is 0.416 e. The van der Waals surface area contributed by atoms with Crippen molar-refractivity contribution in [3.63, 3.8) is 0 Å². The molecule has 2 saturated carbocycles. The average Bonchev–Trinajstić information content (AvgIpc) is 3.56. The van der Waals surface area contributed by atoms with Crippen molar-refractivity contribution in [1.29, 1.82) is 0 Å². The van der Waals surface area contributed by atoms with Crippen molar-refractivity contribution in [2.75, 3.05) is 19.2 Å². The van der Waals surface area contributed by atoms with Crippen molar-refractivity contribution in [2.45, 2.75) is 81.9 Å². The number of hydrogen-bond acceptors (Lipinski definition) is 7. The van der Waals surface area contributed by atoms with Gasteiger partial charge >= 0.3 is 6.18 Å². The molecule has 2 fully saturated rings. The SMILES string of the molecule is COCOc1cc(C(F)(F)F)ccc1-c1nnc(N[C@@H]2CCCC[C@H]2O)c2c1CC1(CC1)OC2C. The number of rotatable bonds is 6. The minimum atomic E-state index is -4.51. The topological polar surface area (TPSA) is 85.7 Å². The van der Waals surface area contributed by atoms with Crippen LogP contribution in [-0.4, -0.2) is 47.0 Å². The van der Waals surface area contributed by atoms with Gasteiger partial charge in [0.05, 0.1) is 29.4 Å². The van der Waals surface area contributed by atoms with Crippen molar-refractivity contribution in [1.82, 2.24) is 10.2 Å². The number of anilines is 1. The van der Waals surface area contributed by atoms with Gasteiger partial charge in [0, 0.05) is 24.7 Å². The third-order valence-corrected chi connectivity index (χ3v) is 7.20. The lowest BCUT2D eigenvalue weighted by Crippen LogP contribution is -2.38. The summed E-state index contributed by atoms with van der Waals surface area (Å²) in [5, 5.41) is 22.8. The zero-order chi connectivity index (χ0) is 24.8. The fourth-order valence-corrected chi connectivity index (χ4v) is 5.25. The number of halogens is 3. The van der Waals surface area contributed by atoms with Gasteiger partial charge in [-0.1, -0.05) is 12.8 Å². The number of alkyl halides is 3. The largest absolute Gasteiger partial charge is 0.467 e. The summed E-state index contributed by atoms with van der Waals surface area (Å²) in [5.74, 6) is 0.592. The normalized spacial score (nSPS) is 25.3. The maximum absolute atomic E-state index is 13.4. The van der Waals surface area contributed by atoms with Crippen LogP contribution < -0.4 is 10.1 Å². The number of aliphatic hydroxyl groups excluding tert-OH is 1. The molecule has 2 N–H and O–H groups in total. The van der Waals surface area contributed by atoms with Crippen molar-refractivity contribution in [3.8, 4) is 17.0 Å². The predicted octanol–water partition coefficient (Wildman–Crippen LogP) is 5.03. The van der Waals surface area contributed by atoms with Gasteiger partial charge in [-0.15, -0.1) is 10.2 Å². The third-order valence-electron chi connectivity index (χ3n) is 7.20. The summed E-state index contributed by atoms with van der Waals surface area (Å²) >= 11 is 0. The summed E-state index contributed by atoms with van der Waals surface area (Å²) in [6.07, 6.45) is 0.722. The Morgan fingerprint density at radius 2 is 1.97 bits per heavy atom. The zero-order valence-electron chi connectivity index (χ0n) is 19.8. The number of aromatic nitrogens is 2. The first-order valence-electron chi connectivity index (χ1n) is 12.1. The van der Waals surface area contributed by atoms with E-state index in [4.69, 9.17) is 14.2 Å². The van der Waals surface area contributed by atoms with Gasteiger partial charge in [-0.2, -0.15) is 13.2 Å². The number of hydrogen-bond donors (Lipinski definition) is 2. The van der Waals surface area contributed by atoms with E-state index in [0.29, 0.717) is 23.5 Å². The Labute approximate surface area is 202 Å². The van der Waals surface area contributed by atoms with Crippen LogP contribution in [0.15, 0.2) is 18.2 Å². The molecule has 1 aliphatic heterocycles. The van der Waals surface area contributed by atoms with Crippen LogP contribution >= 0.6 is 0 Å². The zero-order valence-corrected chi connectivity index (χ0v) is 19.8. The van der Waals surface area contributed by atoms with E-state index >= 15 is 0 Å². The number of methoxy groups -OCH3 is 1. The highest BCUT2D eigenvalue weighted by molar-refractivity contribution is 5.74. The van der Waals surface area contributed by atoms with E-state index in [-0.39, 0.29) is 30.3 Å². The molecule has 2 heterocycles. The maximum atomic E-state index is 13.4. The molecule has 0 radical (unpaired) electrons. The lowest BCUT2D eigenvalue weighted by Gasteiger charge is -2.35. The first-order valence-corrected chi connectivity index (χ1v) is 12.1. The van der Waals surface area contributed by atoms with Crippen LogP contribution in [-0.2, 0) is 22.1 Å². The second-order valence-corrected chi connectivity index (χ2v) is 9.77. The van der Waals surface area contributed by atoms with Crippen LogP contribution in [0.2, 0.25) is 0 Å². The molecule has 1 aromatic heterocycles. The lowest BCUT2D eigenvalue weighted by atomic mass is 9.89. The van der Waals surface area contributed by atoms with E-state index < -0.39 is 17.8 Å². The van der Waals surface area contributed by atoms with Gasteiger partial charge in [0.1, 0.15) is 11.4 Å². The summed E-state index contributed by atoms with van der Waals surface area (Å²) in [6.45, 7) is 1.76. The smallest absolute Gasteiger partial charge is 0.416 e. The molecule has 0 amide bonds. The summed E-state index contributed by atoms with van der Waals surface area (Å²) in [4.78, 5) is 0. The lowest BCUT2D eigenvalue weighted by molar-refractivity contribution is -0.137. The third kappa shape index (κ3) is 4.83. The second-order valence-electron chi connectivity index (χ2n) is 9.77. The number of nitrogens with one attached hydrogen (secondary N) is 1. The molecule has 35 heavy (non-hydrogen) atoms. The molecule has 7 nitrogen and oxygen atoms in total. The van der Waals surface area contributed by atoms with Gasteiger partial charge in [0.15, 0.2) is 12.6 Å². The Bertz CT molecular complexity index is 1090. The molecule has 0 bridgehead atoms. The standard InChI is InChI=1S/C25H30F3N3O4/c1-14-21-17(12-24(35-14)9-10-24)22(30-31-23(21)29-18-5-3-4-6-19(18)32)16-8-7-15(25(26,27)28)11-20(16)34-13-33-2/h7-8,11,14,18-19,32H,3-6,9-10,12-13H2,1-2H3,(H,29,31)/t14?,18-,19-/m1/s1. The summed E-state index contributed by atoms with van der Waals surface area (Å²) in [6, 6.07) is 3.26.